The number of aromatic nitrogens is 3. The fourth-order valence-electron chi connectivity index (χ4n) is 2.10. The van der Waals surface area contributed by atoms with Crippen LogP contribution in [0.5, 0.6) is 0 Å². The highest BCUT2D eigenvalue weighted by Crippen LogP contribution is 2.22. The highest BCUT2D eigenvalue weighted by Gasteiger charge is 2.14. The lowest BCUT2D eigenvalue weighted by atomic mass is 10.1. The van der Waals surface area contributed by atoms with E-state index in [1.165, 1.54) is 0 Å². The average Bonchev–Trinajstić information content (AvgIpc) is 2.91. The molecule has 0 aliphatic rings. The molecular weight excluding hydrogens is 268 g/mol. The minimum atomic E-state index is -0.663. The van der Waals surface area contributed by atoms with E-state index in [1.54, 1.807) is 54.2 Å². The third-order valence-corrected chi connectivity index (χ3v) is 3.13. The van der Waals surface area contributed by atoms with Crippen molar-refractivity contribution in [2.24, 2.45) is 0 Å². The summed E-state index contributed by atoms with van der Waals surface area (Å²) in [5.41, 5.74) is 1.50. The van der Waals surface area contributed by atoms with E-state index in [1.807, 2.05) is 6.07 Å². The summed E-state index contributed by atoms with van der Waals surface area (Å²) in [6.45, 7) is 1.65. The fraction of sp³-hybridized carbons (Fsp3) is 0.133. The number of benzene rings is 1. The third-order valence-electron chi connectivity index (χ3n) is 3.13. The van der Waals surface area contributed by atoms with Crippen LogP contribution >= 0.6 is 0 Å². The maximum Gasteiger partial charge on any atom is 0.275 e. The number of hydrogen-bond acceptors (Lipinski definition) is 4. The number of anilines is 1. The number of fused-ring (bicyclic) bond motifs is 1. The maximum absolute atomic E-state index is 12.3. The Hall–Kier alpha value is -2.73. The molecule has 21 heavy (non-hydrogen) atoms. The molecule has 6 heteroatoms. The van der Waals surface area contributed by atoms with E-state index in [0.717, 1.165) is 0 Å². The number of carbonyl (C=O) groups is 1. The van der Waals surface area contributed by atoms with Gasteiger partial charge in [0, 0.05) is 29.8 Å². The number of aliphatic hydroxyl groups excluding tert-OH is 1. The lowest BCUT2D eigenvalue weighted by Crippen LogP contribution is -2.14. The molecule has 6 nitrogen and oxygen atoms in total. The van der Waals surface area contributed by atoms with Crippen molar-refractivity contribution in [1.29, 1.82) is 0 Å². The number of rotatable bonds is 3. The molecule has 2 heterocycles. The number of para-hydroxylation sites is 1. The van der Waals surface area contributed by atoms with Gasteiger partial charge in [-0.15, -0.1) is 0 Å². The van der Waals surface area contributed by atoms with Crippen molar-refractivity contribution in [3.8, 4) is 0 Å². The Balaban J connectivity index is 1.89. The highest BCUT2D eigenvalue weighted by atomic mass is 16.3. The van der Waals surface area contributed by atoms with Crippen LogP contribution in [-0.2, 0) is 0 Å². The second-order valence-corrected chi connectivity index (χ2v) is 4.67. The normalized spacial score (nSPS) is 12.3. The molecule has 2 N–H and O–H groups in total. The Morgan fingerprint density at radius 2 is 2.14 bits per heavy atom. The van der Waals surface area contributed by atoms with Crippen molar-refractivity contribution in [2.75, 3.05) is 5.32 Å². The lowest BCUT2D eigenvalue weighted by Gasteiger charge is -2.12. The van der Waals surface area contributed by atoms with E-state index < -0.39 is 6.10 Å². The number of nitrogens with one attached hydrogen (secondary N) is 1. The molecule has 0 bridgehead atoms. The van der Waals surface area contributed by atoms with E-state index in [-0.39, 0.29) is 11.6 Å². The Bertz CT molecular complexity index is 762. The first-order valence-corrected chi connectivity index (χ1v) is 6.53. The van der Waals surface area contributed by atoms with Gasteiger partial charge in [-0.3, -0.25) is 9.20 Å². The fourth-order valence-corrected chi connectivity index (χ4v) is 2.10. The van der Waals surface area contributed by atoms with Crippen molar-refractivity contribution in [2.45, 2.75) is 13.0 Å². The van der Waals surface area contributed by atoms with E-state index >= 15 is 0 Å². The predicted octanol–water partition coefficient (Wildman–Crippen LogP) is 2.03. The van der Waals surface area contributed by atoms with Crippen molar-refractivity contribution >= 4 is 17.4 Å². The molecule has 3 rings (SSSR count). The van der Waals surface area contributed by atoms with Gasteiger partial charge < -0.3 is 10.4 Å². The van der Waals surface area contributed by atoms with E-state index in [0.29, 0.717) is 17.0 Å². The second kappa shape index (κ2) is 5.34. The number of hydrogen-bond donors (Lipinski definition) is 2. The number of amides is 1. The van der Waals surface area contributed by atoms with Gasteiger partial charge in [0.25, 0.3) is 5.91 Å². The van der Waals surface area contributed by atoms with Crippen molar-refractivity contribution in [3.63, 3.8) is 0 Å². The van der Waals surface area contributed by atoms with Crippen LogP contribution < -0.4 is 5.32 Å². The van der Waals surface area contributed by atoms with Crippen molar-refractivity contribution in [3.05, 3.63) is 60.2 Å². The minimum absolute atomic E-state index is 0.272. The average molecular weight is 282 g/mol. The van der Waals surface area contributed by atoms with Gasteiger partial charge in [0.2, 0.25) is 5.78 Å². The summed E-state index contributed by atoms with van der Waals surface area (Å²) in [5, 5.41) is 12.5. The largest absolute Gasteiger partial charge is 0.389 e. The van der Waals surface area contributed by atoms with Gasteiger partial charge in [0.05, 0.1) is 6.10 Å². The molecule has 0 spiro atoms. The molecule has 0 saturated heterocycles. The van der Waals surface area contributed by atoms with Gasteiger partial charge in [-0.1, -0.05) is 18.2 Å². The summed E-state index contributed by atoms with van der Waals surface area (Å²) in [5.74, 6) is 0.125. The second-order valence-electron chi connectivity index (χ2n) is 4.67. The summed E-state index contributed by atoms with van der Waals surface area (Å²) in [6, 6.07) is 8.89. The quantitative estimate of drug-likeness (QED) is 0.770. The van der Waals surface area contributed by atoms with Crippen LogP contribution in [0.25, 0.3) is 5.78 Å². The molecule has 0 fully saturated rings. The first-order chi connectivity index (χ1) is 10.1. The van der Waals surface area contributed by atoms with Crippen LogP contribution in [-0.4, -0.2) is 25.4 Å². The number of carbonyl (C=O) groups excluding carboxylic acids is 1. The predicted molar refractivity (Wildman–Crippen MR) is 78.0 cm³/mol. The Kier molecular flexibility index (Phi) is 3.37. The number of nitrogens with zero attached hydrogens (tertiary/aromatic N) is 3. The molecule has 106 valence electrons. The van der Waals surface area contributed by atoms with Gasteiger partial charge in [-0.05, 0) is 19.1 Å². The smallest absolute Gasteiger partial charge is 0.275 e. The van der Waals surface area contributed by atoms with E-state index in [9.17, 15) is 9.90 Å². The van der Waals surface area contributed by atoms with Crippen LogP contribution in [0.4, 0.5) is 5.69 Å². The van der Waals surface area contributed by atoms with Gasteiger partial charge in [-0.2, -0.15) is 0 Å². The summed E-state index contributed by atoms with van der Waals surface area (Å²) >= 11 is 0. The summed E-state index contributed by atoms with van der Waals surface area (Å²) < 4.78 is 1.68. The summed E-state index contributed by atoms with van der Waals surface area (Å²) in [7, 11) is 0. The summed E-state index contributed by atoms with van der Waals surface area (Å²) in [6.07, 6.45) is 4.34. The molecule has 2 aromatic heterocycles. The topological polar surface area (TPSA) is 79.5 Å². The monoisotopic (exact) mass is 282 g/mol. The molecule has 0 radical (unpaired) electrons. The standard InChI is InChI=1S/C15H14N4O2/c1-10(20)11-5-2-3-6-12(11)17-14(21)13-9-19-8-4-7-16-15(19)18-13/h2-10,20H,1H3,(H,17,21). The van der Waals surface area contributed by atoms with Crippen LogP contribution in [0.3, 0.4) is 0 Å². The Morgan fingerprint density at radius 1 is 1.33 bits per heavy atom. The molecule has 1 aromatic carbocycles. The molecule has 0 aliphatic carbocycles. The van der Waals surface area contributed by atoms with Crippen molar-refractivity contribution < 1.29 is 9.90 Å². The zero-order valence-electron chi connectivity index (χ0n) is 11.4. The van der Waals surface area contributed by atoms with Gasteiger partial charge in [-0.25, -0.2) is 9.97 Å². The zero-order chi connectivity index (χ0) is 14.8. The number of imidazole rings is 1. The van der Waals surface area contributed by atoms with Crippen LogP contribution in [0, 0.1) is 0 Å². The van der Waals surface area contributed by atoms with Gasteiger partial charge in [0.1, 0.15) is 5.69 Å². The van der Waals surface area contributed by atoms with Crippen molar-refractivity contribution in [1.82, 2.24) is 14.4 Å². The van der Waals surface area contributed by atoms with Crippen LogP contribution in [0.2, 0.25) is 0 Å². The molecule has 0 saturated carbocycles. The summed E-state index contributed by atoms with van der Waals surface area (Å²) in [4.78, 5) is 20.5. The Morgan fingerprint density at radius 3 is 2.90 bits per heavy atom. The lowest BCUT2D eigenvalue weighted by molar-refractivity contribution is 0.102. The minimum Gasteiger partial charge on any atom is -0.389 e. The third kappa shape index (κ3) is 2.61. The van der Waals surface area contributed by atoms with E-state index in [4.69, 9.17) is 0 Å². The zero-order valence-corrected chi connectivity index (χ0v) is 11.4. The molecule has 1 unspecified atom stereocenters. The van der Waals surface area contributed by atoms with Crippen LogP contribution in [0.1, 0.15) is 29.1 Å². The number of aliphatic hydroxyl groups is 1. The molecule has 0 aliphatic heterocycles. The van der Waals surface area contributed by atoms with E-state index in [2.05, 4.69) is 15.3 Å². The molecular formula is C15H14N4O2. The molecule has 1 amide bonds. The first kappa shape index (κ1) is 13.3. The Labute approximate surface area is 121 Å². The maximum atomic E-state index is 12.3. The SMILES string of the molecule is CC(O)c1ccccc1NC(=O)c1cn2cccnc2n1. The van der Waals surface area contributed by atoms with Gasteiger partial charge >= 0.3 is 0 Å². The molecule has 3 aromatic rings. The highest BCUT2D eigenvalue weighted by molar-refractivity contribution is 6.03. The molecule has 1 atom stereocenters. The first-order valence-electron chi connectivity index (χ1n) is 6.53. The van der Waals surface area contributed by atoms with Gasteiger partial charge in [0.15, 0.2) is 0 Å². The van der Waals surface area contributed by atoms with Crippen LogP contribution in [0.15, 0.2) is 48.9 Å².